The van der Waals surface area contributed by atoms with Crippen LogP contribution in [0.5, 0.6) is 0 Å². The highest BCUT2D eigenvalue weighted by Gasteiger charge is 2.10. The van der Waals surface area contributed by atoms with E-state index in [2.05, 4.69) is 48.3 Å². The van der Waals surface area contributed by atoms with Crippen LogP contribution in [-0.4, -0.2) is 14.1 Å². The van der Waals surface area contributed by atoms with Gasteiger partial charge in [-0.05, 0) is 37.6 Å². The van der Waals surface area contributed by atoms with Gasteiger partial charge >= 0.3 is 0 Å². The minimum atomic E-state index is 0.229. The van der Waals surface area contributed by atoms with Crippen LogP contribution in [-0.2, 0) is 0 Å². The van der Waals surface area contributed by atoms with Gasteiger partial charge in [-0.2, -0.15) is 0 Å². The summed E-state index contributed by atoms with van der Waals surface area (Å²) >= 11 is 6.11. The van der Waals surface area contributed by atoms with E-state index in [1.165, 1.54) is 11.1 Å². The van der Waals surface area contributed by atoms with Gasteiger partial charge in [-0.1, -0.05) is 41.4 Å². The van der Waals surface area contributed by atoms with Crippen LogP contribution in [0.2, 0.25) is 5.02 Å². The Morgan fingerprint density at radius 1 is 1.05 bits per heavy atom. The second kappa shape index (κ2) is 6.19. The Morgan fingerprint density at radius 2 is 1.70 bits per heavy atom. The van der Waals surface area contributed by atoms with Crippen molar-refractivity contribution in [2.75, 3.05) is 24.3 Å². The molecule has 0 radical (unpaired) electrons. The monoisotopic (exact) mass is 288 g/mol. The molecule has 0 aromatic heterocycles. The standard InChI is InChI=1S/C17H21ClN2/c1-12-5-7-14(8-6-12)13(2)19-16-11-15(18)9-10-17(16)20(3)4/h5-11,13,19H,1-4H3. The number of hydrogen-bond acceptors (Lipinski definition) is 2. The molecule has 0 heterocycles. The molecule has 2 aromatic carbocycles. The number of benzene rings is 2. The molecule has 0 fully saturated rings. The Labute approximate surface area is 126 Å². The normalized spacial score (nSPS) is 12.1. The molecular formula is C17H21ClN2. The molecule has 2 nitrogen and oxygen atoms in total. The van der Waals surface area contributed by atoms with E-state index in [1.807, 2.05) is 32.3 Å². The Morgan fingerprint density at radius 3 is 2.30 bits per heavy atom. The molecule has 3 heteroatoms. The zero-order valence-electron chi connectivity index (χ0n) is 12.4. The first-order valence-corrected chi connectivity index (χ1v) is 7.15. The number of nitrogens with one attached hydrogen (secondary N) is 1. The van der Waals surface area contributed by atoms with E-state index in [4.69, 9.17) is 11.6 Å². The van der Waals surface area contributed by atoms with Crippen LogP contribution >= 0.6 is 11.6 Å². The summed E-state index contributed by atoms with van der Waals surface area (Å²) in [5, 5.41) is 4.29. The minimum absolute atomic E-state index is 0.229. The van der Waals surface area contributed by atoms with Gasteiger partial charge in [0.05, 0.1) is 11.4 Å². The van der Waals surface area contributed by atoms with Gasteiger partial charge in [-0.15, -0.1) is 0 Å². The predicted molar refractivity (Wildman–Crippen MR) is 89.0 cm³/mol. The number of hydrogen-bond donors (Lipinski definition) is 1. The van der Waals surface area contributed by atoms with Crippen molar-refractivity contribution in [1.82, 2.24) is 0 Å². The van der Waals surface area contributed by atoms with Crippen molar-refractivity contribution in [1.29, 1.82) is 0 Å². The minimum Gasteiger partial charge on any atom is -0.377 e. The van der Waals surface area contributed by atoms with Crippen molar-refractivity contribution >= 4 is 23.0 Å². The van der Waals surface area contributed by atoms with Crippen molar-refractivity contribution in [2.45, 2.75) is 19.9 Å². The third-order valence-electron chi connectivity index (χ3n) is 3.39. The lowest BCUT2D eigenvalue weighted by atomic mass is 10.1. The van der Waals surface area contributed by atoms with E-state index in [-0.39, 0.29) is 6.04 Å². The van der Waals surface area contributed by atoms with Gasteiger partial charge in [0.1, 0.15) is 0 Å². The van der Waals surface area contributed by atoms with E-state index < -0.39 is 0 Å². The number of halogens is 1. The number of aryl methyl sites for hydroxylation is 1. The maximum atomic E-state index is 6.11. The molecule has 20 heavy (non-hydrogen) atoms. The van der Waals surface area contributed by atoms with Gasteiger partial charge in [0.15, 0.2) is 0 Å². The molecule has 1 atom stereocenters. The lowest BCUT2D eigenvalue weighted by Crippen LogP contribution is -2.14. The van der Waals surface area contributed by atoms with Crippen LogP contribution in [0.25, 0.3) is 0 Å². The van der Waals surface area contributed by atoms with E-state index in [0.717, 1.165) is 16.4 Å². The molecular weight excluding hydrogens is 268 g/mol. The first-order valence-electron chi connectivity index (χ1n) is 6.77. The average Bonchev–Trinajstić information content (AvgIpc) is 2.39. The molecule has 2 rings (SSSR count). The van der Waals surface area contributed by atoms with Crippen LogP contribution in [0.4, 0.5) is 11.4 Å². The van der Waals surface area contributed by atoms with Gasteiger partial charge in [0.2, 0.25) is 0 Å². The van der Waals surface area contributed by atoms with Crippen LogP contribution in [0, 0.1) is 6.92 Å². The Hall–Kier alpha value is -1.67. The summed E-state index contributed by atoms with van der Waals surface area (Å²) in [6.45, 7) is 4.26. The molecule has 0 aliphatic rings. The van der Waals surface area contributed by atoms with E-state index in [9.17, 15) is 0 Å². The quantitative estimate of drug-likeness (QED) is 0.862. The van der Waals surface area contributed by atoms with Gasteiger partial charge < -0.3 is 10.2 Å². The Bertz CT molecular complexity index is 576. The van der Waals surface area contributed by atoms with Crippen molar-refractivity contribution < 1.29 is 0 Å². The summed E-state index contributed by atoms with van der Waals surface area (Å²) in [6, 6.07) is 14.7. The van der Waals surface area contributed by atoms with Crippen molar-refractivity contribution in [2.24, 2.45) is 0 Å². The van der Waals surface area contributed by atoms with Crippen LogP contribution in [0.3, 0.4) is 0 Å². The lowest BCUT2D eigenvalue weighted by molar-refractivity contribution is 0.882. The van der Waals surface area contributed by atoms with Crippen molar-refractivity contribution in [3.63, 3.8) is 0 Å². The van der Waals surface area contributed by atoms with Crippen LogP contribution in [0.1, 0.15) is 24.1 Å². The van der Waals surface area contributed by atoms with Crippen LogP contribution in [0.15, 0.2) is 42.5 Å². The Kier molecular flexibility index (Phi) is 4.56. The topological polar surface area (TPSA) is 15.3 Å². The van der Waals surface area contributed by atoms with E-state index >= 15 is 0 Å². The smallest absolute Gasteiger partial charge is 0.0598 e. The van der Waals surface area contributed by atoms with Crippen molar-refractivity contribution in [3.8, 4) is 0 Å². The Balaban J connectivity index is 2.24. The molecule has 0 spiro atoms. The molecule has 0 aliphatic heterocycles. The SMILES string of the molecule is Cc1ccc(C(C)Nc2cc(Cl)ccc2N(C)C)cc1. The fraction of sp³-hybridized carbons (Fsp3) is 0.294. The summed E-state index contributed by atoms with van der Waals surface area (Å²) in [4.78, 5) is 2.08. The lowest BCUT2D eigenvalue weighted by Gasteiger charge is -2.22. The van der Waals surface area contributed by atoms with Gasteiger partial charge in [-0.25, -0.2) is 0 Å². The highest BCUT2D eigenvalue weighted by molar-refractivity contribution is 6.31. The summed E-state index contributed by atoms with van der Waals surface area (Å²) in [5.41, 5.74) is 4.72. The second-order valence-corrected chi connectivity index (χ2v) is 5.77. The van der Waals surface area contributed by atoms with Gasteiger partial charge in [0, 0.05) is 25.2 Å². The first-order chi connectivity index (χ1) is 9.47. The fourth-order valence-electron chi connectivity index (χ4n) is 2.19. The third-order valence-corrected chi connectivity index (χ3v) is 3.62. The molecule has 2 aromatic rings. The highest BCUT2D eigenvalue weighted by Crippen LogP contribution is 2.31. The summed E-state index contributed by atoms with van der Waals surface area (Å²) in [5.74, 6) is 0. The molecule has 0 saturated carbocycles. The zero-order valence-corrected chi connectivity index (χ0v) is 13.2. The number of rotatable bonds is 4. The van der Waals surface area contributed by atoms with Gasteiger partial charge in [-0.3, -0.25) is 0 Å². The highest BCUT2D eigenvalue weighted by atomic mass is 35.5. The average molecular weight is 289 g/mol. The van der Waals surface area contributed by atoms with Crippen LogP contribution < -0.4 is 10.2 Å². The molecule has 1 unspecified atom stereocenters. The number of anilines is 2. The van der Waals surface area contributed by atoms with E-state index in [0.29, 0.717) is 0 Å². The summed E-state index contributed by atoms with van der Waals surface area (Å²) in [7, 11) is 4.07. The fourth-order valence-corrected chi connectivity index (χ4v) is 2.36. The predicted octanol–water partition coefficient (Wildman–Crippen LogP) is 4.89. The summed E-state index contributed by atoms with van der Waals surface area (Å²) < 4.78 is 0. The van der Waals surface area contributed by atoms with Gasteiger partial charge in [0.25, 0.3) is 0 Å². The molecule has 0 saturated heterocycles. The molecule has 0 aliphatic carbocycles. The number of nitrogens with zero attached hydrogens (tertiary/aromatic N) is 1. The van der Waals surface area contributed by atoms with E-state index in [1.54, 1.807) is 0 Å². The third kappa shape index (κ3) is 3.45. The second-order valence-electron chi connectivity index (χ2n) is 5.33. The maximum absolute atomic E-state index is 6.11. The summed E-state index contributed by atoms with van der Waals surface area (Å²) in [6.07, 6.45) is 0. The first kappa shape index (κ1) is 14.7. The maximum Gasteiger partial charge on any atom is 0.0598 e. The molecule has 0 bridgehead atoms. The molecule has 106 valence electrons. The molecule has 1 N–H and O–H groups in total. The molecule has 0 amide bonds. The zero-order chi connectivity index (χ0) is 14.7. The largest absolute Gasteiger partial charge is 0.377 e. The van der Waals surface area contributed by atoms with Crippen molar-refractivity contribution in [3.05, 3.63) is 58.6 Å².